The van der Waals surface area contributed by atoms with Crippen LogP contribution in [0.3, 0.4) is 0 Å². The fourth-order valence-corrected chi connectivity index (χ4v) is 2.84. The third-order valence-electron chi connectivity index (χ3n) is 3.71. The second-order valence-corrected chi connectivity index (χ2v) is 4.91. The maximum Gasteiger partial charge on any atom is 0.137 e. The number of ether oxygens (including phenoxy) is 1. The molecule has 3 rings (SSSR count). The van der Waals surface area contributed by atoms with Crippen LogP contribution in [-0.2, 0) is 0 Å². The van der Waals surface area contributed by atoms with Gasteiger partial charge >= 0.3 is 0 Å². The quantitative estimate of drug-likeness (QED) is 0.847. The molecular weight excluding hydrogens is 212 g/mol. The number of hydrogen-bond donors (Lipinski definition) is 1. The van der Waals surface area contributed by atoms with E-state index in [1.54, 1.807) is 13.3 Å². The van der Waals surface area contributed by atoms with Crippen molar-refractivity contribution in [3.63, 3.8) is 0 Å². The molecule has 3 nitrogen and oxygen atoms in total. The topological polar surface area (TPSA) is 34.1 Å². The van der Waals surface area contributed by atoms with Crippen LogP contribution in [0.25, 0.3) is 5.57 Å². The minimum atomic E-state index is 0.559. The van der Waals surface area contributed by atoms with Gasteiger partial charge in [-0.1, -0.05) is 12.5 Å². The molecule has 2 aliphatic rings. The van der Waals surface area contributed by atoms with Crippen molar-refractivity contribution in [1.82, 2.24) is 10.3 Å². The lowest BCUT2D eigenvalue weighted by molar-refractivity contribution is 0.348. The lowest BCUT2D eigenvalue weighted by Crippen LogP contribution is -2.44. The van der Waals surface area contributed by atoms with Crippen LogP contribution >= 0.6 is 0 Å². The molecule has 0 aliphatic carbocycles. The molecule has 0 aromatic carbocycles. The standard InChI is InChI=1S/C14H18N2O/c1-17-14-7-11(8-15-9-14)10-5-12-3-2-4-13(6-10)16-12/h5,7-9,12-13,16H,2-4,6H2,1H3/t12-,13+/m0/s1. The summed E-state index contributed by atoms with van der Waals surface area (Å²) >= 11 is 0. The highest BCUT2D eigenvalue weighted by molar-refractivity contribution is 5.68. The number of hydrogen-bond acceptors (Lipinski definition) is 3. The van der Waals surface area contributed by atoms with Crippen molar-refractivity contribution in [1.29, 1.82) is 0 Å². The molecule has 1 aromatic rings. The highest BCUT2D eigenvalue weighted by Gasteiger charge is 2.25. The highest BCUT2D eigenvalue weighted by Crippen LogP contribution is 2.31. The van der Waals surface area contributed by atoms with E-state index in [4.69, 9.17) is 4.74 Å². The Hall–Kier alpha value is -1.35. The summed E-state index contributed by atoms with van der Waals surface area (Å²) in [5, 5.41) is 3.65. The zero-order valence-electron chi connectivity index (χ0n) is 10.1. The first-order chi connectivity index (χ1) is 8.35. The van der Waals surface area contributed by atoms with Gasteiger partial charge in [0.25, 0.3) is 0 Å². The van der Waals surface area contributed by atoms with E-state index in [1.807, 2.05) is 6.20 Å². The van der Waals surface area contributed by atoms with Gasteiger partial charge in [0.2, 0.25) is 0 Å². The van der Waals surface area contributed by atoms with Crippen molar-refractivity contribution in [2.75, 3.05) is 7.11 Å². The Morgan fingerprint density at radius 3 is 3.12 bits per heavy atom. The fourth-order valence-electron chi connectivity index (χ4n) is 2.84. The molecule has 1 aromatic heterocycles. The van der Waals surface area contributed by atoms with Crippen LogP contribution in [0.1, 0.15) is 31.2 Å². The van der Waals surface area contributed by atoms with Gasteiger partial charge < -0.3 is 10.1 Å². The molecule has 0 spiro atoms. The zero-order valence-corrected chi connectivity index (χ0v) is 10.1. The first-order valence-corrected chi connectivity index (χ1v) is 6.31. The summed E-state index contributed by atoms with van der Waals surface area (Å²) in [6.07, 6.45) is 11.1. The van der Waals surface area contributed by atoms with Gasteiger partial charge in [-0.25, -0.2) is 0 Å². The summed E-state index contributed by atoms with van der Waals surface area (Å²) in [7, 11) is 1.69. The van der Waals surface area contributed by atoms with Crippen molar-refractivity contribution in [2.24, 2.45) is 0 Å². The molecule has 3 heterocycles. The third kappa shape index (κ3) is 2.20. The van der Waals surface area contributed by atoms with E-state index in [2.05, 4.69) is 22.4 Å². The van der Waals surface area contributed by atoms with Crippen molar-refractivity contribution in [3.8, 4) is 5.75 Å². The lowest BCUT2D eigenvalue weighted by Gasteiger charge is -2.35. The molecular formula is C14H18N2O. The number of methoxy groups -OCH3 is 1. The van der Waals surface area contributed by atoms with Gasteiger partial charge in [-0.15, -0.1) is 0 Å². The van der Waals surface area contributed by atoms with Gasteiger partial charge in [-0.2, -0.15) is 0 Å². The molecule has 0 unspecified atom stereocenters. The normalized spacial score (nSPS) is 27.5. The molecule has 2 bridgehead atoms. The Balaban J connectivity index is 1.90. The average Bonchev–Trinajstić information content (AvgIpc) is 2.38. The molecule has 0 saturated carbocycles. The molecule has 2 aliphatic heterocycles. The summed E-state index contributed by atoms with van der Waals surface area (Å²) in [6.45, 7) is 0. The maximum atomic E-state index is 5.23. The molecule has 1 saturated heterocycles. The molecule has 0 radical (unpaired) electrons. The molecule has 2 atom stereocenters. The van der Waals surface area contributed by atoms with Gasteiger partial charge in [0.05, 0.1) is 13.3 Å². The van der Waals surface area contributed by atoms with E-state index in [1.165, 1.54) is 30.4 Å². The van der Waals surface area contributed by atoms with Gasteiger partial charge in [-0.05, 0) is 36.5 Å². The zero-order chi connectivity index (χ0) is 11.7. The molecule has 3 heteroatoms. The summed E-state index contributed by atoms with van der Waals surface area (Å²) in [6, 6.07) is 3.29. The third-order valence-corrected chi connectivity index (χ3v) is 3.71. The van der Waals surface area contributed by atoms with Crippen LogP contribution in [0.4, 0.5) is 0 Å². The SMILES string of the molecule is COc1cncc(C2=C[C@@H]3CCC[C@H](C2)N3)c1. The van der Waals surface area contributed by atoms with E-state index in [0.717, 1.165) is 12.2 Å². The molecule has 90 valence electrons. The Bertz CT molecular complexity index is 442. The smallest absolute Gasteiger partial charge is 0.137 e. The van der Waals surface area contributed by atoms with Crippen LogP contribution in [0.5, 0.6) is 5.75 Å². The number of nitrogens with one attached hydrogen (secondary N) is 1. The van der Waals surface area contributed by atoms with E-state index in [-0.39, 0.29) is 0 Å². The number of nitrogens with zero attached hydrogens (tertiary/aromatic N) is 1. The first-order valence-electron chi connectivity index (χ1n) is 6.31. The molecule has 1 fully saturated rings. The fraction of sp³-hybridized carbons (Fsp3) is 0.500. The van der Waals surface area contributed by atoms with Gasteiger partial charge in [-0.3, -0.25) is 4.98 Å². The van der Waals surface area contributed by atoms with Crippen LogP contribution in [0.15, 0.2) is 24.5 Å². The average molecular weight is 230 g/mol. The van der Waals surface area contributed by atoms with E-state index >= 15 is 0 Å². The van der Waals surface area contributed by atoms with Gasteiger partial charge in [0.15, 0.2) is 0 Å². The molecule has 1 N–H and O–H groups in total. The number of pyridine rings is 1. The summed E-state index contributed by atoms with van der Waals surface area (Å²) in [5.41, 5.74) is 2.63. The molecule has 0 amide bonds. The van der Waals surface area contributed by atoms with Crippen molar-refractivity contribution >= 4 is 5.57 Å². The van der Waals surface area contributed by atoms with Crippen LogP contribution < -0.4 is 10.1 Å². The number of rotatable bonds is 2. The van der Waals surface area contributed by atoms with E-state index < -0.39 is 0 Å². The number of fused-ring (bicyclic) bond motifs is 2. The van der Waals surface area contributed by atoms with Gasteiger partial charge in [0.1, 0.15) is 5.75 Å². The van der Waals surface area contributed by atoms with E-state index in [0.29, 0.717) is 12.1 Å². The second kappa shape index (κ2) is 4.49. The minimum absolute atomic E-state index is 0.559. The Morgan fingerprint density at radius 2 is 2.29 bits per heavy atom. The largest absolute Gasteiger partial charge is 0.495 e. The summed E-state index contributed by atoms with van der Waals surface area (Å²) in [5.74, 6) is 0.840. The second-order valence-electron chi connectivity index (χ2n) is 4.91. The van der Waals surface area contributed by atoms with E-state index in [9.17, 15) is 0 Å². The highest BCUT2D eigenvalue weighted by atomic mass is 16.5. The number of piperidine rings is 1. The predicted octanol–water partition coefficient (Wildman–Crippen LogP) is 2.39. The Kier molecular flexibility index (Phi) is 2.85. The molecule has 17 heavy (non-hydrogen) atoms. The Morgan fingerprint density at radius 1 is 1.35 bits per heavy atom. The maximum absolute atomic E-state index is 5.23. The minimum Gasteiger partial charge on any atom is -0.495 e. The Labute approximate surface area is 102 Å². The predicted molar refractivity (Wildman–Crippen MR) is 67.9 cm³/mol. The van der Waals surface area contributed by atoms with Crippen molar-refractivity contribution < 1.29 is 4.74 Å². The van der Waals surface area contributed by atoms with Crippen molar-refractivity contribution in [2.45, 2.75) is 37.8 Å². The van der Waals surface area contributed by atoms with Crippen molar-refractivity contribution in [3.05, 3.63) is 30.1 Å². The van der Waals surface area contributed by atoms with Crippen LogP contribution in [-0.4, -0.2) is 24.2 Å². The monoisotopic (exact) mass is 230 g/mol. The van der Waals surface area contributed by atoms with Crippen LogP contribution in [0.2, 0.25) is 0 Å². The van der Waals surface area contributed by atoms with Gasteiger partial charge in [0, 0.05) is 18.3 Å². The number of aromatic nitrogens is 1. The lowest BCUT2D eigenvalue weighted by atomic mass is 9.85. The van der Waals surface area contributed by atoms with Crippen LogP contribution in [0, 0.1) is 0 Å². The first kappa shape index (κ1) is 10.8. The summed E-state index contributed by atoms with van der Waals surface area (Å²) < 4.78 is 5.23. The summed E-state index contributed by atoms with van der Waals surface area (Å²) in [4.78, 5) is 4.24.